The number of benzene rings is 1. The normalized spacial score (nSPS) is 12.8. The maximum Gasteiger partial charge on any atom is 0.176 e. The van der Waals surface area contributed by atoms with Crippen LogP contribution in [0.3, 0.4) is 0 Å². The third kappa shape index (κ3) is 4.20. The third-order valence-corrected chi connectivity index (χ3v) is 2.51. The quantitative estimate of drug-likeness (QED) is 0.758. The highest BCUT2D eigenvalue weighted by Crippen LogP contribution is 2.26. The Morgan fingerprint density at radius 1 is 1.00 bits per heavy atom. The fourth-order valence-electron chi connectivity index (χ4n) is 1.76. The van der Waals surface area contributed by atoms with Gasteiger partial charge in [-0.2, -0.15) is 0 Å². The monoisotopic (exact) mass is 253 g/mol. The molecule has 4 heteroatoms. The highest BCUT2D eigenvalue weighted by atomic mass is 16.7. The van der Waals surface area contributed by atoms with E-state index in [2.05, 4.69) is 5.32 Å². The highest BCUT2D eigenvalue weighted by Gasteiger charge is 2.17. The number of rotatable bonds is 7. The molecule has 1 N–H and O–H groups in total. The SMILES string of the molecule is COC(OC)C(C)Nc1ccccc1OC(C)C. The largest absolute Gasteiger partial charge is 0.489 e. The van der Waals surface area contributed by atoms with Gasteiger partial charge >= 0.3 is 0 Å². The second-order valence-corrected chi connectivity index (χ2v) is 4.44. The molecule has 0 bridgehead atoms. The van der Waals surface area contributed by atoms with Gasteiger partial charge in [0.25, 0.3) is 0 Å². The van der Waals surface area contributed by atoms with Gasteiger partial charge in [-0.3, -0.25) is 0 Å². The van der Waals surface area contributed by atoms with Crippen molar-refractivity contribution in [2.75, 3.05) is 19.5 Å². The molecule has 1 rings (SSSR count). The summed E-state index contributed by atoms with van der Waals surface area (Å²) < 4.78 is 16.2. The topological polar surface area (TPSA) is 39.7 Å². The Bertz CT molecular complexity index is 351. The van der Waals surface area contributed by atoms with Crippen molar-refractivity contribution in [3.05, 3.63) is 24.3 Å². The summed E-state index contributed by atoms with van der Waals surface area (Å²) in [6, 6.07) is 7.88. The van der Waals surface area contributed by atoms with Crippen molar-refractivity contribution in [3.8, 4) is 5.75 Å². The summed E-state index contributed by atoms with van der Waals surface area (Å²) in [5.41, 5.74) is 0.942. The van der Waals surface area contributed by atoms with E-state index >= 15 is 0 Å². The molecule has 0 spiro atoms. The molecule has 0 aliphatic rings. The van der Waals surface area contributed by atoms with Gasteiger partial charge in [-0.1, -0.05) is 12.1 Å². The number of hydrogen-bond acceptors (Lipinski definition) is 4. The van der Waals surface area contributed by atoms with E-state index in [1.165, 1.54) is 0 Å². The van der Waals surface area contributed by atoms with E-state index in [0.29, 0.717) is 0 Å². The van der Waals surface area contributed by atoms with Crippen LogP contribution in [0.5, 0.6) is 5.75 Å². The molecule has 0 aliphatic heterocycles. The minimum Gasteiger partial charge on any atom is -0.489 e. The van der Waals surface area contributed by atoms with Gasteiger partial charge in [-0.25, -0.2) is 0 Å². The first-order valence-electron chi connectivity index (χ1n) is 6.16. The predicted molar refractivity (Wildman–Crippen MR) is 73.1 cm³/mol. The Hall–Kier alpha value is -1.26. The summed E-state index contributed by atoms with van der Waals surface area (Å²) in [5.74, 6) is 0.838. The third-order valence-electron chi connectivity index (χ3n) is 2.51. The summed E-state index contributed by atoms with van der Waals surface area (Å²) in [5, 5.41) is 3.34. The molecular formula is C14H23NO3. The number of nitrogens with one attached hydrogen (secondary N) is 1. The van der Waals surface area contributed by atoms with Crippen LogP contribution in [-0.4, -0.2) is 32.7 Å². The minimum absolute atomic E-state index is 0.0249. The Balaban J connectivity index is 2.77. The van der Waals surface area contributed by atoms with Gasteiger partial charge in [0, 0.05) is 14.2 Å². The first kappa shape index (κ1) is 14.8. The Labute approximate surface area is 109 Å². The lowest BCUT2D eigenvalue weighted by molar-refractivity contribution is -0.109. The van der Waals surface area contributed by atoms with Gasteiger partial charge in [-0.05, 0) is 32.9 Å². The molecule has 0 heterocycles. The fourth-order valence-corrected chi connectivity index (χ4v) is 1.76. The van der Waals surface area contributed by atoms with Gasteiger partial charge < -0.3 is 19.5 Å². The van der Waals surface area contributed by atoms with Crippen LogP contribution >= 0.6 is 0 Å². The van der Waals surface area contributed by atoms with Gasteiger partial charge in [0.15, 0.2) is 6.29 Å². The fraction of sp³-hybridized carbons (Fsp3) is 0.571. The summed E-state index contributed by atoms with van der Waals surface area (Å²) in [7, 11) is 3.26. The van der Waals surface area contributed by atoms with Crippen LogP contribution in [0.4, 0.5) is 5.69 Å². The molecule has 1 unspecified atom stereocenters. The zero-order chi connectivity index (χ0) is 13.5. The number of hydrogen-bond donors (Lipinski definition) is 1. The molecule has 0 aliphatic carbocycles. The summed E-state index contributed by atoms with van der Waals surface area (Å²) in [6.45, 7) is 6.02. The van der Waals surface area contributed by atoms with Gasteiger partial charge in [0.2, 0.25) is 0 Å². The minimum atomic E-state index is -0.294. The van der Waals surface area contributed by atoms with Crippen molar-refractivity contribution in [2.24, 2.45) is 0 Å². The number of ether oxygens (including phenoxy) is 3. The van der Waals surface area contributed by atoms with Crippen LogP contribution in [-0.2, 0) is 9.47 Å². The second-order valence-electron chi connectivity index (χ2n) is 4.44. The van der Waals surface area contributed by atoms with Gasteiger partial charge in [-0.15, -0.1) is 0 Å². The van der Waals surface area contributed by atoms with Gasteiger partial charge in [0.1, 0.15) is 5.75 Å². The number of para-hydroxylation sites is 2. The summed E-state index contributed by atoms with van der Waals surface area (Å²) >= 11 is 0. The van der Waals surface area contributed by atoms with E-state index in [4.69, 9.17) is 14.2 Å². The zero-order valence-electron chi connectivity index (χ0n) is 11.8. The van der Waals surface area contributed by atoms with Gasteiger partial charge in [0.05, 0.1) is 17.8 Å². The van der Waals surface area contributed by atoms with Crippen molar-refractivity contribution in [1.29, 1.82) is 0 Å². The van der Waals surface area contributed by atoms with Crippen LogP contribution in [0, 0.1) is 0 Å². The van der Waals surface area contributed by atoms with E-state index < -0.39 is 0 Å². The van der Waals surface area contributed by atoms with Crippen LogP contribution in [0.2, 0.25) is 0 Å². The smallest absolute Gasteiger partial charge is 0.176 e. The second kappa shape index (κ2) is 7.24. The van der Waals surface area contributed by atoms with Crippen LogP contribution in [0.25, 0.3) is 0 Å². The molecule has 0 fully saturated rings. The van der Waals surface area contributed by atoms with E-state index in [-0.39, 0.29) is 18.4 Å². The molecule has 1 aromatic rings. The molecule has 0 radical (unpaired) electrons. The standard InChI is InChI=1S/C14H23NO3/c1-10(2)18-13-9-7-6-8-12(13)15-11(3)14(16-4)17-5/h6-11,14-15H,1-5H3. The van der Waals surface area contributed by atoms with Crippen LogP contribution in [0.15, 0.2) is 24.3 Å². The number of methoxy groups -OCH3 is 2. The number of anilines is 1. The molecule has 0 saturated carbocycles. The lowest BCUT2D eigenvalue weighted by Crippen LogP contribution is -2.33. The van der Waals surface area contributed by atoms with Crippen molar-refractivity contribution in [3.63, 3.8) is 0 Å². The van der Waals surface area contributed by atoms with Crippen molar-refractivity contribution >= 4 is 5.69 Å². The molecule has 0 amide bonds. The molecule has 4 nitrogen and oxygen atoms in total. The predicted octanol–water partition coefficient (Wildman–Crippen LogP) is 2.89. The van der Waals surface area contributed by atoms with Crippen molar-refractivity contribution in [2.45, 2.75) is 39.2 Å². The van der Waals surface area contributed by atoms with Crippen molar-refractivity contribution in [1.82, 2.24) is 0 Å². The summed E-state index contributed by atoms with van der Waals surface area (Å²) in [4.78, 5) is 0. The van der Waals surface area contributed by atoms with E-state index in [0.717, 1.165) is 11.4 Å². The maximum absolute atomic E-state index is 5.75. The van der Waals surface area contributed by atoms with E-state index in [1.54, 1.807) is 14.2 Å². The maximum atomic E-state index is 5.75. The van der Waals surface area contributed by atoms with E-state index in [9.17, 15) is 0 Å². The Kier molecular flexibility index (Phi) is 5.95. The first-order valence-corrected chi connectivity index (χ1v) is 6.16. The highest BCUT2D eigenvalue weighted by molar-refractivity contribution is 5.56. The Morgan fingerprint density at radius 2 is 1.61 bits per heavy atom. The zero-order valence-corrected chi connectivity index (χ0v) is 11.8. The molecular weight excluding hydrogens is 230 g/mol. The van der Waals surface area contributed by atoms with Crippen LogP contribution < -0.4 is 10.1 Å². The molecule has 18 heavy (non-hydrogen) atoms. The Morgan fingerprint density at radius 3 is 2.17 bits per heavy atom. The van der Waals surface area contributed by atoms with Crippen LogP contribution in [0.1, 0.15) is 20.8 Å². The molecule has 1 atom stereocenters. The summed E-state index contributed by atoms with van der Waals surface area (Å²) in [6.07, 6.45) is -0.152. The van der Waals surface area contributed by atoms with E-state index in [1.807, 2.05) is 45.0 Å². The molecule has 1 aromatic carbocycles. The lowest BCUT2D eigenvalue weighted by atomic mass is 10.2. The average molecular weight is 253 g/mol. The molecule has 0 aromatic heterocycles. The first-order chi connectivity index (χ1) is 8.58. The molecule has 102 valence electrons. The average Bonchev–Trinajstić information content (AvgIpc) is 2.32. The molecule has 0 saturated heterocycles. The lowest BCUT2D eigenvalue weighted by Gasteiger charge is -2.24. The van der Waals surface area contributed by atoms with Crippen molar-refractivity contribution < 1.29 is 14.2 Å².